The van der Waals surface area contributed by atoms with Crippen molar-refractivity contribution in [3.05, 3.63) is 101 Å². The van der Waals surface area contributed by atoms with Crippen LogP contribution in [0.25, 0.3) is 5.57 Å². The number of hydrogen-bond donors (Lipinski definition) is 1. The van der Waals surface area contributed by atoms with Crippen LogP contribution in [0, 0.1) is 6.92 Å². The van der Waals surface area contributed by atoms with E-state index in [1.54, 1.807) is 25.1 Å². The van der Waals surface area contributed by atoms with Gasteiger partial charge in [0.25, 0.3) is 11.8 Å². The molecule has 0 fully saturated rings. The number of carbonyl (C=O) groups excluding carboxylic acids is 2. The predicted molar refractivity (Wildman–Crippen MR) is 112 cm³/mol. The summed E-state index contributed by atoms with van der Waals surface area (Å²) in [6, 6.07) is 23.7. The number of rotatable bonds is 4. The lowest BCUT2D eigenvalue weighted by Gasteiger charge is -2.18. The third-order valence-corrected chi connectivity index (χ3v) is 5.08. The van der Waals surface area contributed by atoms with Gasteiger partial charge in [0.15, 0.2) is 0 Å². The number of nitrogens with zero attached hydrogens (tertiary/aromatic N) is 1. The summed E-state index contributed by atoms with van der Waals surface area (Å²) in [5, 5.41) is 3.64. The highest BCUT2D eigenvalue weighted by Gasteiger charge is 2.40. The predicted octanol–water partition coefficient (Wildman–Crippen LogP) is 5.05. The standard InChI is InChI=1S/C23H17ClN2O2/c1-15-18(24)13-8-14-19(15)26-22(27)20(16-9-4-2-5-10-16)21(23(26)28)25-17-11-6-3-7-12-17/h2-14,25H,1H3. The molecule has 0 aromatic heterocycles. The summed E-state index contributed by atoms with van der Waals surface area (Å²) < 4.78 is 0. The van der Waals surface area contributed by atoms with Gasteiger partial charge in [-0.1, -0.05) is 66.2 Å². The molecule has 0 atom stereocenters. The molecule has 0 saturated carbocycles. The van der Waals surface area contributed by atoms with Gasteiger partial charge < -0.3 is 5.32 Å². The number of anilines is 2. The number of halogens is 1. The van der Waals surface area contributed by atoms with Crippen molar-refractivity contribution in [1.82, 2.24) is 0 Å². The Hall–Kier alpha value is -3.37. The molecule has 138 valence electrons. The molecule has 3 aromatic carbocycles. The fourth-order valence-corrected chi connectivity index (χ4v) is 3.41. The molecular weight excluding hydrogens is 372 g/mol. The van der Waals surface area contributed by atoms with Crippen LogP contribution in [-0.4, -0.2) is 11.8 Å². The van der Waals surface area contributed by atoms with Gasteiger partial charge in [0.05, 0.1) is 11.3 Å². The van der Waals surface area contributed by atoms with E-state index in [1.807, 2.05) is 60.7 Å². The van der Waals surface area contributed by atoms with Crippen molar-refractivity contribution >= 4 is 40.4 Å². The van der Waals surface area contributed by atoms with Crippen LogP contribution in [0.5, 0.6) is 0 Å². The second-order valence-electron chi connectivity index (χ2n) is 6.44. The molecule has 0 radical (unpaired) electrons. The van der Waals surface area contributed by atoms with E-state index in [1.165, 1.54) is 4.90 Å². The van der Waals surface area contributed by atoms with Crippen molar-refractivity contribution in [3.8, 4) is 0 Å². The molecule has 0 aliphatic carbocycles. The molecule has 0 bridgehead atoms. The average molecular weight is 389 g/mol. The first kappa shape index (κ1) is 18.0. The van der Waals surface area contributed by atoms with Gasteiger partial charge in [-0.3, -0.25) is 9.59 Å². The summed E-state index contributed by atoms with van der Waals surface area (Å²) in [6.45, 7) is 1.79. The second kappa shape index (κ2) is 7.33. The summed E-state index contributed by atoms with van der Waals surface area (Å²) in [4.78, 5) is 27.8. The van der Waals surface area contributed by atoms with Gasteiger partial charge in [-0.15, -0.1) is 0 Å². The molecular formula is C23H17ClN2O2. The van der Waals surface area contributed by atoms with Gasteiger partial charge in [0.2, 0.25) is 0 Å². The number of amides is 2. The fraction of sp³-hybridized carbons (Fsp3) is 0.0435. The summed E-state index contributed by atoms with van der Waals surface area (Å²) >= 11 is 6.23. The zero-order valence-corrected chi connectivity index (χ0v) is 15.9. The lowest BCUT2D eigenvalue weighted by Crippen LogP contribution is -2.33. The zero-order chi connectivity index (χ0) is 19.7. The lowest BCUT2D eigenvalue weighted by atomic mass is 10.0. The van der Waals surface area contributed by atoms with Gasteiger partial charge in [-0.25, -0.2) is 4.90 Å². The number of para-hydroxylation sites is 1. The lowest BCUT2D eigenvalue weighted by molar-refractivity contribution is -0.120. The number of nitrogens with one attached hydrogen (secondary N) is 1. The molecule has 0 unspecified atom stereocenters. The first-order valence-electron chi connectivity index (χ1n) is 8.83. The number of hydrogen-bond acceptors (Lipinski definition) is 3. The Bertz CT molecular complexity index is 1090. The monoisotopic (exact) mass is 388 g/mol. The zero-order valence-electron chi connectivity index (χ0n) is 15.1. The quantitative estimate of drug-likeness (QED) is 0.636. The van der Waals surface area contributed by atoms with Crippen LogP contribution in [0.3, 0.4) is 0 Å². The fourth-order valence-electron chi connectivity index (χ4n) is 3.24. The number of carbonyl (C=O) groups is 2. The van der Waals surface area contributed by atoms with Crippen LogP contribution in [-0.2, 0) is 9.59 Å². The third kappa shape index (κ3) is 3.08. The Kier molecular flexibility index (Phi) is 4.72. The number of benzene rings is 3. The normalized spacial score (nSPS) is 14.0. The van der Waals surface area contributed by atoms with Gasteiger partial charge in [0, 0.05) is 10.7 Å². The molecule has 5 heteroatoms. The number of imide groups is 1. The summed E-state index contributed by atoms with van der Waals surface area (Å²) in [7, 11) is 0. The molecule has 0 spiro atoms. The summed E-state index contributed by atoms with van der Waals surface area (Å²) in [5.41, 5.74) is 3.17. The van der Waals surface area contributed by atoms with E-state index in [0.29, 0.717) is 27.4 Å². The maximum Gasteiger partial charge on any atom is 0.282 e. The molecule has 28 heavy (non-hydrogen) atoms. The van der Waals surface area contributed by atoms with E-state index in [2.05, 4.69) is 5.32 Å². The van der Waals surface area contributed by atoms with Gasteiger partial charge in [-0.05, 0) is 42.3 Å². The SMILES string of the molecule is Cc1c(Cl)cccc1N1C(=O)C(Nc2ccccc2)=C(c2ccccc2)C1=O. The smallest absolute Gasteiger partial charge is 0.282 e. The van der Waals surface area contributed by atoms with E-state index in [4.69, 9.17) is 11.6 Å². The molecule has 4 nitrogen and oxygen atoms in total. The van der Waals surface area contributed by atoms with Crippen LogP contribution in [0.1, 0.15) is 11.1 Å². The Labute approximate surface area is 168 Å². The van der Waals surface area contributed by atoms with Crippen molar-refractivity contribution < 1.29 is 9.59 Å². The molecule has 3 aromatic rings. The second-order valence-corrected chi connectivity index (χ2v) is 6.84. The maximum atomic E-state index is 13.3. The summed E-state index contributed by atoms with van der Waals surface area (Å²) in [6.07, 6.45) is 0. The molecule has 4 rings (SSSR count). The van der Waals surface area contributed by atoms with E-state index in [0.717, 1.165) is 5.69 Å². The minimum atomic E-state index is -0.405. The topological polar surface area (TPSA) is 49.4 Å². The van der Waals surface area contributed by atoms with Crippen LogP contribution in [0.2, 0.25) is 5.02 Å². The minimum Gasteiger partial charge on any atom is -0.350 e. The molecule has 1 heterocycles. The van der Waals surface area contributed by atoms with Crippen molar-refractivity contribution in [3.63, 3.8) is 0 Å². The maximum absolute atomic E-state index is 13.3. The van der Waals surface area contributed by atoms with Crippen molar-refractivity contribution in [2.75, 3.05) is 10.2 Å². The van der Waals surface area contributed by atoms with E-state index in [9.17, 15) is 9.59 Å². The highest BCUT2D eigenvalue weighted by Crippen LogP contribution is 2.36. The first-order chi connectivity index (χ1) is 13.6. The Morgan fingerprint density at radius 1 is 0.786 bits per heavy atom. The minimum absolute atomic E-state index is 0.252. The van der Waals surface area contributed by atoms with E-state index < -0.39 is 5.91 Å². The molecule has 1 aliphatic rings. The molecule has 1 aliphatic heterocycles. The van der Waals surface area contributed by atoms with Crippen molar-refractivity contribution in [1.29, 1.82) is 0 Å². The van der Waals surface area contributed by atoms with Crippen LogP contribution < -0.4 is 10.2 Å². The highest BCUT2D eigenvalue weighted by atomic mass is 35.5. The van der Waals surface area contributed by atoms with Gasteiger partial charge in [0.1, 0.15) is 5.70 Å². The Morgan fingerprint density at radius 3 is 2.11 bits per heavy atom. The van der Waals surface area contributed by atoms with E-state index >= 15 is 0 Å². The molecule has 1 N–H and O–H groups in total. The Balaban J connectivity index is 1.85. The van der Waals surface area contributed by atoms with Crippen LogP contribution >= 0.6 is 11.6 Å². The average Bonchev–Trinajstić information content (AvgIpc) is 2.95. The van der Waals surface area contributed by atoms with Crippen LogP contribution in [0.15, 0.2) is 84.6 Å². The van der Waals surface area contributed by atoms with Gasteiger partial charge in [-0.2, -0.15) is 0 Å². The van der Waals surface area contributed by atoms with E-state index in [-0.39, 0.29) is 11.6 Å². The third-order valence-electron chi connectivity index (χ3n) is 4.67. The first-order valence-corrected chi connectivity index (χ1v) is 9.21. The summed E-state index contributed by atoms with van der Waals surface area (Å²) in [5.74, 6) is -0.780. The van der Waals surface area contributed by atoms with Crippen molar-refractivity contribution in [2.45, 2.75) is 6.92 Å². The largest absolute Gasteiger partial charge is 0.350 e. The van der Waals surface area contributed by atoms with Gasteiger partial charge >= 0.3 is 0 Å². The Morgan fingerprint density at radius 2 is 1.43 bits per heavy atom. The molecule has 2 amide bonds. The highest BCUT2D eigenvalue weighted by molar-refractivity contribution is 6.46. The molecule has 0 saturated heterocycles. The van der Waals surface area contributed by atoms with Crippen LogP contribution in [0.4, 0.5) is 11.4 Å². The van der Waals surface area contributed by atoms with Crippen molar-refractivity contribution in [2.24, 2.45) is 0 Å².